The van der Waals surface area contributed by atoms with Crippen molar-refractivity contribution in [3.63, 3.8) is 0 Å². The summed E-state index contributed by atoms with van der Waals surface area (Å²) in [5.74, 6) is 1.56. The van der Waals surface area contributed by atoms with Crippen molar-refractivity contribution >= 4 is 34.1 Å². The highest BCUT2D eigenvalue weighted by molar-refractivity contribution is 8.08. The van der Waals surface area contributed by atoms with Crippen molar-refractivity contribution in [2.24, 2.45) is 11.7 Å². The Morgan fingerprint density at radius 3 is 2.85 bits per heavy atom. The van der Waals surface area contributed by atoms with Crippen LogP contribution in [-0.4, -0.2) is 34.7 Å². The highest BCUT2D eigenvalue weighted by atomic mass is 35.5. The molecule has 3 fully saturated rings. The molecule has 2 aliphatic heterocycles. The lowest BCUT2D eigenvalue weighted by Crippen LogP contribution is -2.39. The van der Waals surface area contributed by atoms with E-state index in [4.69, 9.17) is 22.1 Å². The molecule has 2 N–H and O–H groups in total. The SMILES string of the molecule is N[C@@]12CN(Cc3cc(Cl)c(OCC4CC4)c4ccccc34)CCCC1S2. The Labute approximate surface area is 164 Å². The molecule has 5 heteroatoms. The minimum atomic E-state index is -0.0244. The van der Waals surface area contributed by atoms with Crippen molar-refractivity contribution in [1.29, 1.82) is 0 Å². The number of benzene rings is 2. The molecule has 0 amide bonds. The summed E-state index contributed by atoms with van der Waals surface area (Å²) in [6.45, 7) is 3.76. The fourth-order valence-electron chi connectivity index (χ4n) is 4.13. The molecule has 2 aromatic rings. The number of halogens is 1. The van der Waals surface area contributed by atoms with Crippen molar-refractivity contribution in [3.05, 3.63) is 40.9 Å². The van der Waals surface area contributed by atoms with Gasteiger partial charge in [-0.25, -0.2) is 0 Å². The van der Waals surface area contributed by atoms with Gasteiger partial charge in [0.05, 0.1) is 16.5 Å². The van der Waals surface area contributed by atoms with E-state index in [-0.39, 0.29) is 4.87 Å². The van der Waals surface area contributed by atoms with E-state index >= 15 is 0 Å². The molecule has 1 saturated carbocycles. The molecular weight excluding hydrogens is 364 g/mol. The van der Waals surface area contributed by atoms with Gasteiger partial charge in [0.2, 0.25) is 0 Å². The van der Waals surface area contributed by atoms with Gasteiger partial charge in [0.25, 0.3) is 0 Å². The van der Waals surface area contributed by atoms with Gasteiger partial charge in [0.1, 0.15) is 5.75 Å². The fourth-order valence-corrected chi connectivity index (χ4v) is 5.61. The predicted octanol–water partition coefficient (Wildman–Crippen LogP) is 4.65. The van der Waals surface area contributed by atoms with Gasteiger partial charge in [-0.05, 0) is 55.2 Å². The number of thioether (sulfide) groups is 1. The van der Waals surface area contributed by atoms with Crippen molar-refractivity contribution in [1.82, 2.24) is 4.90 Å². The molecule has 2 heterocycles. The van der Waals surface area contributed by atoms with Gasteiger partial charge < -0.3 is 10.5 Å². The minimum absolute atomic E-state index is 0.0244. The number of likely N-dealkylation sites (tertiary alicyclic amines) is 1. The lowest BCUT2D eigenvalue weighted by Gasteiger charge is -2.24. The number of fused-ring (bicyclic) bond motifs is 2. The lowest BCUT2D eigenvalue weighted by molar-refractivity contribution is 0.263. The summed E-state index contributed by atoms with van der Waals surface area (Å²) in [6, 6.07) is 10.6. The summed E-state index contributed by atoms with van der Waals surface area (Å²) in [7, 11) is 0. The summed E-state index contributed by atoms with van der Waals surface area (Å²) in [5.41, 5.74) is 7.79. The van der Waals surface area contributed by atoms with Gasteiger partial charge in [-0.3, -0.25) is 4.90 Å². The second-order valence-corrected chi connectivity index (χ2v) is 10.0. The van der Waals surface area contributed by atoms with E-state index in [0.717, 1.165) is 42.4 Å². The first-order chi connectivity index (χ1) is 12.6. The lowest BCUT2D eigenvalue weighted by atomic mass is 10.0. The summed E-state index contributed by atoms with van der Waals surface area (Å²) < 4.78 is 6.11. The zero-order valence-corrected chi connectivity index (χ0v) is 16.5. The van der Waals surface area contributed by atoms with Crippen LogP contribution in [0.3, 0.4) is 0 Å². The molecule has 1 aliphatic carbocycles. The van der Waals surface area contributed by atoms with Crippen LogP contribution in [0.5, 0.6) is 5.75 Å². The van der Waals surface area contributed by atoms with Crippen LogP contribution in [0, 0.1) is 5.92 Å². The average molecular weight is 389 g/mol. The summed E-state index contributed by atoms with van der Waals surface area (Å²) in [4.78, 5) is 2.48. The highest BCUT2D eigenvalue weighted by Gasteiger charge is 2.53. The first-order valence-electron chi connectivity index (χ1n) is 9.64. The van der Waals surface area contributed by atoms with Crippen LogP contribution in [0.4, 0.5) is 0 Å². The Balaban J connectivity index is 1.44. The molecule has 2 saturated heterocycles. The van der Waals surface area contributed by atoms with Crippen LogP contribution >= 0.6 is 23.4 Å². The molecule has 3 aliphatic rings. The zero-order chi connectivity index (χ0) is 17.7. The molecule has 0 aromatic heterocycles. The van der Waals surface area contributed by atoms with Crippen LogP contribution in [0.1, 0.15) is 31.2 Å². The van der Waals surface area contributed by atoms with E-state index in [0.29, 0.717) is 11.2 Å². The van der Waals surface area contributed by atoms with Crippen LogP contribution in [-0.2, 0) is 6.54 Å². The third-order valence-corrected chi connectivity index (χ3v) is 7.67. The van der Waals surface area contributed by atoms with Crippen molar-refractivity contribution in [2.75, 3.05) is 19.7 Å². The van der Waals surface area contributed by atoms with E-state index in [1.54, 1.807) is 0 Å². The highest BCUT2D eigenvalue weighted by Crippen LogP contribution is 2.53. The predicted molar refractivity (Wildman–Crippen MR) is 110 cm³/mol. The Morgan fingerprint density at radius 2 is 2.04 bits per heavy atom. The maximum atomic E-state index is 6.65. The third-order valence-electron chi connectivity index (χ3n) is 5.85. The van der Waals surface area contributed by atoms with Crippen LogP contribution in [0.15, 0.2) is 30.3 Å². The third kappa shape index (κ3) is 3.33. The first-order valence-corrected chi connectivity index (χ1v) is 10.9. The molecule has 0 radical (unpaired) electrons. The Kier molecular flexibility index (Phi) is 4.35. The van der Waals surface area contributed by atoms with E-state index in [9.17, 15) is 0 Å². The average Bonchev–Trinajstić information content (AvgIpc) is 3.51. The molecular formula is C21H25ClN2OS. The minimum Gasteiger partial charge on any atom is -0.491 e. The van der Waals surface area contributed by atoms with Crippen molar-refractivity contribution < 1.29 is 4.74 Å². The first kappa shape index (κ1) is 17.2. The number of hydrogen-bond donors (Lipinski definition) is 1. The normalized spacial score (nSPS) is 28.6. The monoisotopic (exact) mass is 388 g/mol. The van der Waals surface area contributed by atoms with E-state index in [2.05, 4.69) is 35.2 Å². The number of nitrogens with two attached hydrogens (primary N) is 1. The van der Waals surface area contributed by atoms with Gasteiger partial charge in [-0.1, -0.05) is 35.9 Å². The maximum absolute atomic E-state index is 6.65. The molecule has 5 rings (SSSR count). The molecule has 0 bridgehead atoms. The molecule has 2 aromatic carbocycles. The standard InChI is InChI=1S/C21H25ClN2OS/c22-18-10-15(11-24-9-3-6-19-21(23,13-24)26-19)16-4-1-2-5-17(16)20(18)25-12-14-7-8-14/h1-2,4-5,10,14,19H,3,6-9,11-13,23H2/t19?,21-/m1/s1. The quantitative estimate of drug-likeness (QED) is 0.757. The zero-order valence-electron chi connectivity index (χ0n) is 14.9. The largest absolute Gasteiger partial charge is 0.491 e. The van der Waals surface area contributed by atoms with E-state index in [1.807, 2.05) is 11.8 Å². The second-order valence-electron chi connectivity index (χ2n) is 8.06. The Morgan fingerprint density at radius 1 is 1.23 bits per heavy atom. The molecule has 3 nitrogen and oxygen atoms in total. The number of hydrogen-bond acceptors (Lipinski definition) is 4. The molecule has 26 heavy (non-hydrogen) atoms. The molecule has 2 atom stereocenters. The summed E-state index contributed by atoms with van der Waals surface area (Å²) in [6.07, 6.45) is 5.03. The van der Waals surface area contributed by atoms with E-state index < -0.39 is 0 Å². The molecule has 0 spiro atoms. The molecule has 1 unspecified atom stereocenters. The van der Waals surface area contributed by atoms with Gasteiger partial charge in [-0.15, -0.1) is 11.8 Å². The maximum Gasteiger partial charge on any atom is 0.145 e. The van der Waals surface area contributed by atoms with Gasteiger partial charge in [-0.2, -0.15) is 0 Å². The fraction of sp³-hybridized carbons (Fsp3) is 0.524. The van der Waals surface area contributed by atoms with E-state index in [1.165, 1.54) is 36.6 Å². The Hall–Kier alpha value is -0.940. The topological polar surface area (TPSA) is 38.5 Å². The van der Waals surface area contributed by atoms with Crippen LogP contribution < -0.4 is 10.5 Å². The van der Waals surface area contributed by atoms with Gasteiger partial charge in [0.15, 0.2) is 0 Å². The van der Waals surface area contributed by atoms with Crippen molar-refractivity contribution in [2.45, 2.75) is 42.3 Å². The van der Waals surface area contributed by atoms with Crippen LogP contribution in [0.25, 0.3) is 10.8 Å². The number of rotatable bonds is 5. The van der Waals surface area contributed by atoms with Gasteiger partial charge in [0, 0.05) is 23.7 Å². The number of ether oxygens (including phenoxy) is 1. The number of nitrogens with zero attached hydrogens (tertiary/aromatic N) is 1. The Bertz CT molecular complexity index is 840. The van der Waals surface area contributed by atoms with Gasteiger partial charge >= 0.3 is 0 Å². The summed E-state index contributed by atoms with van der Waals surface area (Å²) in [5, 5.41) is 3.77. The molecule has 138 valence electrons. The summed E-state index contributed by atoms with van der Waals surface area (Å²) >= 11 is 8.60. The second kappa shape index (κ2) is 6.59. The van der Waals surface area contributed by atoms with Crippen molar-refractivity contribution in [3.8, 4) is 5.75 Å². The van der Waals surface area contributed by atoms with Crippen LogP contribution in [0.2, 0.25) is 5.02 Å². The smallest absolute Gasteiger partial charge is 0.145 e.